The topological polar surface area (TPSA) is 48.5 Å². The minimum absolute atomic E-state index is 0.0736. The average molecular weight is 260 g/mol. The lowest BCUT2D eigenvalue weighted by atomic mass is 10.1. The van der Waals surface area contributed by atoms with Crippen LogP contribution in [0.15, 0.2) is 18.3 Å². The minimum Gasteiger partial charge on any atom is -0.335 e. The third kappa shape index (κ3) is 2.48. The molecule has 1 aromatic rings. The van der Waals surface area contributed by atoms with Crippen LogP contribution in [0.2, 0.25) is 0 Å². The van der Waals surface area contributed by atoms with Crippen molar-refractivity contribution in [2.75, 3.05) is 39.3 Å². The van der Waals surface area contributed by atoms with Gasteiger partial charge in [0.15, 0.2) is 0 Å². The largest absolute Gasteiger partial charge is 0.335 e. The first kappa shape index (κ1) is 12.6. The minimum atomic E-state index is 0.0736. The number of pyridine rings is 1. The van der Waals surface area contributed by atoms with E-state index in [1.165, 1.54) is 0 Å². The van der Waals surface area contributed by atoms with Crippen LogP contribution in [-0.2, 0) is 0 Å². The van der Waals surface area contributed by atoms with E-state index in [1.54, 1.807) is 6.20 Å². The lowest BCUT2D eigenvalue weighted by molar-refractivity contribution is 0.0496. The molecule has 5 nitrogen and oxygen atoms in total. The summed E-state index contributed by atoms with van der Waals surface area (Å²) in [5, 5.41) is 3.29. The van der Waals surface area contributed by atoms with Crippen molar-refractivity contribution >= 4 is 5.91 Å². The number of piperazine rings is 1. The molecule has 0 spiro atoms. The van der Waals surface area contributed by atoms with Gasteiger partial charge in [0.1, 0.15) is 5.69 Å². The Morgan fingerprint density at radius 1 is 1.32 bits per heavy atom. The molecule has 2 aliphatic rings. The number of carbonyl (C=O) groups excluding carboxylic acids is 1. The van der Waals surface area contributed by atoms with Gasteiger partial charge >= 0.3 is 0 Å². The van der Waals surface area contributed by atoms with E-state index in [-0.39, 0.29) is 5.91 Å². The normalized spacial score (nSPS) is 21.2. The first-order chi connectivity index (χ1) is 9.25. The van der Waals surface area contributed by atoms with Crippen LogP contribution in [0.3, 0.4) is 0 Å². The summed E-state index contributed by atoms with van der Waals surface area (Å²) < 4.78 is 0. The summed E-state index contributed by atoms with van der Waals surface area (Å²) in [6, 6.07) is 4.48. The van der Waals surface area contributed by atoms with E-state index in [9.17, 15) is 4.79 Å². The second-order valence-corrected chi connectivity index (χ2v) is 5.31. The standard InChI is InChI=1S/C14H20N4O/c1-11-3-2-4-16-13(11)14(19)18-7-5-17(6-8-18)12-9-15-10-12/h2-4,12,15H,5-10H2,1H3. The van der Waals surface area contributed by atoms with Gasteiger partial charge in [-0.2, -0.15) is 0 Å². The van der Waals surface area contributed by atoms with Gasteiger partial charge in [-0.05, 0) is 18.6 Å². The number of amides is 1. The SMILES string of the molecule is Cc1cccnc1C(=O)N1CCN(C2CNC2)CC1. The molecule has 2 aliphatic heterocycles. The molecule has 0 aromatic carbocycles. The maximum absolute atomic E-state index is 12.4. The van der Waals surface area contributed by atoms with Gasteiger partial charge in [-0.15, -0.1) is 0 Å². The highest BCUT2D eigenvalue weighted by Gasteiger charge is 2.30. The Hall–Kier alpha value is -1.46. The van der Waals surface area contributed by atoms with E-state index >= 15 is 0 Å². The molecule has 3 heterocycles. The Bertz CT molecular complexity index is 464. The van der Waals surface area contributed by atoms with Crippen LogP contribution >= 0.6 is 0 Å². The van der Waals surface area contributed by atoms with Crippen LogP contribution < -0.4 is 5.32 Å². The van der Waals surface area contributed by atoms with Gasteiger partial charge in [0.2, 0.25) is 0 Å². The summed E-state index contributed by atoms with van der Waals surface area (Å²) >= 11 is 0. The zero-order valence-electron chi connectivity index (χ0n) is 11.3. The number of aromatic nitrogens is 1. The fraction of sp³-hybridized carbons (Fsp3) is 0.571. The van der Waals surface area contributed by atoms with E-state index < -0.39 is 0 Å². The van der Waals surface area contributed by atoms with E-state index in [2.05, 4.69) is 15.2 Å². The van der Waals surface area contributed by atoms with Crippen LogP contribution in [0, 0.1) is 6.92 Å². The van der Waals surface area contributed by atoms with E-state index in [4.69, 9.17) is 0 Å². The van der Waals surface area contributed by atoms with Crippen molar-refractivity contribution in [1.82, 2.24) is 20.1 Å². The number of carbonyl (C=O) groups is 1. The average Bonchev–Trinajstić information content (AvgIpc) is 2.37. The van der Waals surface area contributed by atoms with Gasteiger partial charge in [-0.1, -0.05) is 6.07 Å². The predicted octanol–water partition coefficient (Wildman–Crippen LogP) is 0.120. The fourth-order valence-electron chi connectivity index (χ4n) is 2.68. The number of nitrogens with zero attached hydrogens (tertiary/aromatic N) is 3. The highest BCUT2D eigenvalue weighted by atomic mass is 16.2. The molecule has 1 N–H and O–H groups in total. The Labute approximate surface area is 113 Å². The zero-order valence-corrected chi connectivity index (χ0v) is 11.3. The number of nitrogens with one attached hydrogen (secondary N) is 1. The smallest absolute Gasteiger partial charge is 0.272 e. The van der Waals surface area contributed by atoms with Crippen LogP contribution in [0.1, 0.15) is 16.1 Å². The van der Waals surface area contributed by atoms with Crippen molar-refractivity contribution in [3.8, 4) is 0 Å². The maximum atomic E-state index is 12.4. The Morgan fingerprint density at radius 2 is 2.05 bits per heavy atom. The summed E-state index contributed by atoms with van der Waals surface area (Å²) in [5.41, 5.74) is 1.55. The van der Waals surface area contributed by atoms with Crippen molar-refractivity contribution < 1.29 is 4.79 Å². The summed E-state index contributed by atoms with van der Waals surface area (Å²) in [7, 11) is 0. The number of hydrogen-bond acceptors (Lipinski definition) is 4. The first-order valence-corrected chi connectivity index (χ1v) is 6.91. The molecule has 19 heavy (non-hydrogen) atoms. The number of rotatable bonds is 2. The van der Waals surface area contributed by atoms with Crippen molar-refractivity contribution in [2.45, 2.75) is 13.0 Å². The fourth-order valence-corrected chi connectivity index (χ4v) is 2.68. The maximum Gasteiger partial charge on any atom is 0.272 e. The molecule has 0 saturated carbocycles. The lowest BCUT2D eigenvalue weighted by Gasteiger charge is -2.43. The summed E-state index contributed by atoms with van der Waals surface area (Å²) in [6.45, 7) is 7.70. The summed E-state index contributed by atoms with van der Waals surface area (Å²) in [5.74, 6) is 0.0736. The third-order valence-corrected chi connectivity index (χ3v) is 4.09. The van der Waals surface area contributed by atoms with Crippen LogP contribution in [0.5, 0.6) is 0 Å². The highest BCUT2D eigenvalue weighted by molar-refractivity contribution is 5.93. The molecular weight excluding hydrogens is 240 g/mol. The van der Waals surface area contributed by atoms with Crippen LogP contribution in [-0.4, -0.2) is 66.0 Å². The van der Waals surface area contributed by atoms with Crippen LogP contribution in [0.4, 0.5) is 0 Å². The van der Waals surface area contributed by atoms with E-state index in [1.807, 2.05) is 24.0 Å². The van der Waals surface area contributed by atoms with Crippen molar-refractivity contribution in [1.29, 1.82) is 0 Å². The molecule has 0 atom stereocenters. The summed E-state index contributed by atoms with van der Waals surface area (Å²) in [4.78, 5) is 21.0. The Morgan fingerprint density at radius 3 is 2.63 bits per heavy atom. The van der Waals surface area contributed by atoms with Crippen molar-refractivity contribution in [3.63, 3.8) is 0 Å². The number of aryl methyl sites for hydroxylation is 1. The highest BCUT2D eigenvalue weighted by Crippen LogP contribution is 2.13. The van der Waals surface area contributed by atoms with Gasteiger partial charge in [-0.25, -0.2) is 0 Å². The van der Waals surface area contributed by atoms with Gasteiger partial charge in [0.05, 0.1) is 0 Å². The lowest BCUT2D eigenvalue weighted by Crippen LogP contribution is -2.62. The predicted molar refractivity (Wildman–Crippen MR) is 73.1 cm³/mol. The zero-order chi connectivity index (χ0) is 13.2. The second kappa shape index (κ2) is 5.27. The molecule has 0 radical (unpaired) electrons. The van der Waals surface area contributed by atoms with Crippen molar-refractivity contribution in [2.24, 2.45) is 0 Å². The van der Waals surface area contributed by atoms with Gasteiger partial charge < -0.3 is 10.2 Å². The molecule has 0 unspecified atom stereocenters. The van der Waals surface area contributed by atoms with E-state index in [0.29, 0.717) is 11.7 Å². The molecule has 2 fully saturated rings. The first-order valence-electron chi connectivity index (χ1n) is 6.91. The third-order valence-electron chi connectivity index (χ3n) is 4.09. The second-order valence-electron chi connectivity index (χ2n) is 5.31. The molecule has 1 amide bonds. The monoisotopic (exact) mass is 260 g/mol. The van der Waals surface area contributed by atoms with Gasteiger partial charge in [0.25, 0.3) is 5.91 Å². The molecule has 0 aliphatic carbocycles. The molecule has 3 rings (SSSR count). The van der Waals surface area contributed by atoms with Gasteiger partial charge in [0, 0.05) is 51.5 Å². The van der Waals surface area contributed by atoms with Crippen molar-refractivity contribution in [3.05, 3.63) is 29.6 Å². The van der Waals surface area contributed by atoms with Crippen LogP contribution in [0.25, 0.3) is 0 Å². The van der Waals surface area contributed by atoms with Gasteiger partial charge in [-0.3, -0.25) is 14.7 Å². The molecule has 2 saturated heterocycles. The molecule has 102 valence electrons. The van der Waals surface area contributed by atoms with E-state index in [0.717, 1.165) is 44.8 Å². The Kier molecular flexibility index (Phi) is 3.48. The molecule has 5 heteroatoms. The summed E-state index contributed by atoms with van der Waals surface area (Å²) in [6.07, 6.45) is 1.69. The molecular formula is C14H20N4O. The molecule has 1 aromatic heterocycles. The molecule has 0 bridgehead atoms. The Balaban J connectivity index is 1.62. The number of hydrogen-bond donors (Lipinski definition) is 1. The quantitative estimate of drug-likeness (QED) is 0.820.